The molecule has 4 nitrogen and oxygen atoms in total. The lowest BCUT2D eigenvalue weighted by Gasteiger charge is -2.12. The lowest BCUT2D eigenvalue weighted by Crippen LogP contribution is -2.21. The van der Waals surface area contributed by atoms with Gasteiger partial charge in [0.15, 0.2) is 0 Å². The standard InChI is InChI=1S/C14H21ClN2O2/c1-10(2)16-6-12-5-13(15)14(17-7-12)19-9-11-3-4-18-8-11/h5,7,10-11,16H,3-4,6,8-9H2,1-2H3. The smallest absolute Gasteiger partial charge is 0.232 e. The van der Waals surface area contributed by atoms with Crippen molar-refractivity contribution in [3.8, 4) is 5.88 Å². The van der Waals surface area contributed by atoms with Crippen LogP contribution in [0.4, 0.5) is 0 Å². The number of halogens is 1. The molecule has 2 rings (SSSR count). The number of pyridine rings is 1. The molecule has 0 radical (unpaired) electrons. The van der Waals surface area contributed by atoms with Crippen LogP contribution in [0.15, 0.2) is 12.3 Å². The predicted molar refractivity (Wildman–Crippen MR) is 75.6 cm³/mol. The average Bonchev–Trinajstić information content (AvgIpc) is 2.88. The van der Waals surface area contributed by atoms with Gasteiger partial charge in [0.2, 0.25) is 5.88 Å². The summed E-state index contributed by atoms with van der Waals surface area (Å²) in [4.78, 5) is 4.28. The van der Waals surface area contributed by atoms with E-state index >= 15 is 0 Å². The highest BCUT2D eigenvalue weighted by Crippen LogP contribution is 2.24. The Labute approximate surface area is 119 Å². The van der Waals surface area contributed by atoms with Crippen molar-refractivity contribution in [1.29, 1.82) is 0 Å². The molecule has 0 aromatic carbocycles. The second kappa shape index (κ2) is 7.08. The van der Waals surface area contributed by atoms with Crippen LogP contribution in [0.3, 0.4) is 0 Å². The first-order chi connectivity index (χ1) is 9.15. The summed E-state index contributed by atoms with van der Waals surface area (Å²) in [5.41, 5.74) is 1.07. The number of hydrogen-bond donors (Lipinski definition) is 1. The molecule has 1 aliphatic rings. The molecule has 1 saturated heterocycles. The van der Waals surface area contributed by atoms with E-state index in [0.717, 1.165) is 31.7 Å². The molecule has 0 amide bonds. The van der Waals surface area contributed by atoms with Crippen LogP contribution >= 0.6 is 11.6 Å². The molecular weight excluding hydrogens is 264 g/mol. The van der Waals surface area contributed by atoms with Gasteiger partial charge >= 0.3 is 0 Å². The number of ether oxygens (including phenoxy) is 2. The summed E-state index contributed by atoms with van der Waals surface area (Å²) in [7, 11) is 0. The summed E-state index contributed by atoms with van der Waals surface area (Å²) >= 11 is 6.18. The second-order valence-corrected chi connectivity index (χ2v) is 5.61. The van der Waals surface area contributed by atoms with Crippen LogP contribution < -0.4 is 10.1 Å². The Hall–Kier alpha value is -0.840. The maximum atomic E-state index is 6.18. The van der Waals surface area contributed by atoms with E-state index < -0.39 is 0 Å². The minimum Gasteiger partial charge on any atom is -0.476 e. The van der Waals surface area contributed by atoms with Crippen LogP contribution in [0, 0.1) is 5.92 Å². The van der Waals surface area contributed by atoms with Gasteiger partial charge in [-0.15, -0.1) is 0 Å². The number of nitrogens with zero attached hydrogens (tertiary/aromatic N) is 1. The molecule has 1 unspecified atom stereocenters. The summed E-state index contributed by atoms with van der Waals surface area (Å²) in [5, 5.41) is 3.90. The molecule has 5 heteroatoms. The van der Waals surface area contributed by atoms with Gasteiger partial charge in [-0.1, -0.05) is 25.4 Å². The molecule has 1 aromatic rings. The third-order valence-electron chi connectivity index (χ3n) is 3.06. The SMILES string of the molecule is CC(C)NCc1cnc(OCC2CCOC2)c(Cl)c1. The molecule has 0 aliphatic carbocycles. The molecule has 19 heavy (non-hydrogen) atoms. The van der Waals surface area contributed by atoms with E-state index in [1.807, 2.05) is 12.3 Å². The van der Waals surface area contributed by atoms with Gasteiger partial charge in [-0.25, -0.2) is 4.98 Å². The molecule has 0 spiro atoms. The molecule has 1 fully saturated rings. The normalized spacial score (nSPS) is 19.1. The summed E-state index contributed by atoms with van der Waals surface area (Å²) in [6.45, 7) is 7.20. The second-order valence-electron chi connectivity index (χ2n) is 5.21. The van der Waals surface area contributed by atoms with Crippen LogP contribution in [0.1, 0.15) is 25.8 Å². The molecule has 1 atom stereocenters. The maximum absolute atomic E-state index is 6.18. The van der Waals surface area contributed by atoms with Gasteiger partial charge < -0.3 is 14.8 Å². The van der Waals surface area contributed by atoms with Crippen LogP contribution in [0.25, 0.3) is 0 Å². The Morgan fingerprint density at radius 3 is 3.05 bits per heavy atom. The minimum absolute atomic E-state index is 0.442. The van der Waals surface area contributed by atoms with Gasteiger partial charge in [-0.3, -0.25) is 0 Å². The van der Waals surface area contributed by atoms with Crippen molar-refractivity contribution in [1.82, 2.24) is 10.3 Å². The van der Waals surface area contributed by atoms with E-state index in [-0.39, 0.29) is 0 Å². The van der Waals surface area contributed by atoms with Crippen molar-refractivity contribution in [3.63, 3.8) is 0 Å². The van der Waals surface area contributed by atoms with Gasteiger partial charge in [0.25, 0.3) is 0 Å². The zero-order valence-electron chi connectivity index (χ0n) is 11.5. The number of hydrogen-bond acceptors (Lipinski definition) is 4. The summed E-state index contributed by atoms with van der Waals surface area (Å²) in [6.07, 6.45) is 2.86. The molecule has 0 saturated carbocycles. The van der Waals surface area contributed by atoms with E-state index in [4.69, 9.17) is 21.1 Å². The first-order valence-corrected chi connectivity index (χ1v) is 7.11. The first-order valence-electron chi connectivity index (χ1n) is 6.73. The van der Waals surface area contributed by atoms with Gasteiger partial charge in [-0.05, 0) is 18.1 Å². The van der Waals surface area contributed by atoms with Crippen molar-refractivity contribution >= 4 is 11.6 Å². The van der Waals surface area contributed by atoms with Crippen LogP contribution in [0.5, 0.6) is 5.88 Å². The Bertz CT molecular complexity index is 406. The predicted octanol–water partition coefficient (Wildman–Crippen LogP) is 2.65. The van der Waals surface area contributed by atoms with Gasteiger partial charge in [0, 0.05) is 31.3 Å². The average molecular weight is 285 g/mol. The lowest BCUT2D eigenvalue weighted by molar-refractivity contribution is 0.165. The van der Waals surface area contributed by atoms with Crippen molar-refractivity contribution < 1.29 is 9.47 Å². The van der Waals surface area contributed by atoms with Crippen molar-refractivity contribution in [2.24, 2.45) is 5.92 Å². The third kappa shape index (κ3) is 4.64. The van der Waals surface area contributed by atoms with Gasteiger partial charge in [0.05, 0.1) is 13.2 Å². The third-order valence-corrected chi connectivity index (χ3v) is 3.33. The number of nitrogens with one attached hydrogen (secondary N) is 1. The molecule has 1 aliphatic heterocycles. The molecule has 2 heterocycles. The van der Waals surface area contributed by atoms with Gasteiger partial charge in [-0.2, -0.15) is 0 Å². The Kier molecular flexibility index (Phi) is 5.43. The molecule has 1 N–H and O–H groups in total. The fourth-order valence-corrected chi connectivity index (χ4v) is 2.14. The Balaban J connectivity index is 1.87. The van der Waals surface area contributed by atoms with E-state index in [1.165, 1.54) is 0 Å². The fraction of sp³-hybridized carbons (Fsp3) is 0.643. The van der Waals surface area contributed by atoms with E-state index in [9.17, 15) is 0 Å². The van der Waals surface area contributed by atoms with Crippen molar-refractivity contribution in [2.45, 2.75) is 32.9 Å². The summed E-state index contributed by atoms with van der Waals surface area (Å²) < 4.78 is 11.0. The van der Waals surface area contributed by atoms with Crippen molar-refractivity contribution in [2.75, 3.05) is 19.8 Å². The monoisotopic (exact) mass is 284 g/mol. The van der Waals surface area contributed by atoms with Gasteiger partial charge in [0.1, 0.15) is 5.02 Å². The largest absolute Gasteiger partial charge is 0.476 e. The lowest BCUT2D eigenvalue weighted by atomic mass is 10.1. The first kappa shape index (κ1) is 14.6. The van der Waals surface area contributed by atoms with Crippen LogP contribution in [-0.2, 0) is 11.3 Å². The summed E-state index contributed by atoms with van der Waals surface area (Å²) in [6, 6.07) is 2.35. The quantitative estimate of drug-likeness (QED) is 0.872. The number of rotatable bonds is 6. The number of aromatic nitrogens is 1. The highest BCUT2D eigenvalue weighted by molar-refractivity contribution is 6.31. The zero-order valence-corrected chi connectivity index (χ0v) is 12.2. The van der Waals surface area contributed by atoms with Crippen LogP contribution in [-0.4, -0.2) is 30.8 Å². The minimum atomic E-state index is 0.442. The van der Waals surface area contributed by atoms with Crippen molar-refractivity contribution in [3.05, 3.63) is 22.8 Å². The Morgan fingerprint density at radius 1 is 1.58 bits per heavy atom. The molecule has 106 valence electrons. The fourth-order valence-electron chi connectivity index (χ4n) is 1.90. The van der Waals surface area contributed by atoms with E-state index in [0.29, 0.717) is 29.5 Å². The van der Waals surface area contributed by atoms with Crippen LogP contribution in [0.2, 0.25) is 5.02 Å². The molecule has 1 aromatic heterocycles. The highest BCUT2D eigenvalue weighted by Gasteiger charge is 2.17. The maximum Gasteiger partial charge on any atom is 0.232 e. The Morgan fingerprint density at radius 2 is 2.42 bits per heavy atom. The molecule has 0 bridgehead atoms. The summed E-state index contributed by atoms with van der Waals surface area (Å²) in [5.74, 6) is 0.974. The highest BCUT2D eigenvalue weighted by atomic mass is 35.5. The van der Waals surface area contributed by atoms with E-state index in [1.54, 1.807) is 0 Å². The zero-order chi connectivity index (χ0) is 13.7. The molecular formula is C14H21ClN2O2. The topological polar surface area (TPSA) is 43.4 Å². The van der Waals surface area contributed by atoms with E-state index in [2.05, 4.69) is 24.1 Å².